The minimum absolute atomic E-state index is 0.0351. The van der Waals surface area contributed by atoms with Gasteiger partial charge in [0.05, 0.1) is 0 Å². The third-order valence-electron chi connectivity index (χ3n) is 5.25. The molecule has 3 rings (SSSR count). The molecule has 0 spiro atoms. The van der Waals surface area contributed by atoms with Crippen molar-refractivity contribution < 1.29 is 9.53 Å². The van der Waals surface area contributed by atoms with Gasteiger partial charge in [-0.3, -0.25) is 19.6 Å². The SMILES string of the molecule is CCN(CC)Nc1c(Cl)nc(Oc2cccc(N)c2)n(CC(=O)NCc2ccc(C(=N)N)cc2)c1=O. The molecule has 3 aromatic rings. The molecule has 0 aliphatic heterocycles. The Bertz CT molecular complexity index is 1290. The molecule has 36 heavy (non-hydrogen) atoms. The number of nitrogens with one attached hydrogen (secondary N) is 3. The van der Waals surface area contributed by atoms with Crippen LogP contribution in [-0.4, -0.2) is 39.4 Å². The minimum atomic E-state index is -0.568. The van der Waals surface area contributed by atoms with E-state index in [1.54, 1.807) is 53.5 Å². The summed E-state index contributed by atoms with van der Waals surface area (Å²) in [6.07, 6.45) is 0. The van der Waals surface area contributed by atoms with Crippen LogP contribution in [-0.2, 0) is 17.9 Å². The fourth-order valence-corrected chi connectivity index (χ4v) is 3.44. The third kappa shape index (κ3) is 6.74. The van der Waals surface area contributed by atoms with E-state index in [1.807, 2.05) is 13.8 Å². The summed E-state index contributed by atoms with van der Waals surface area (Å²) in [6.45, 7) is 4.91. The lowest BCUT2D eigenvalue weighted by Crippen LogP contribution is -2.37. The van der Waals surface area contributed by atoms with Crippen molar-refractivity contribution in [1.29, 1.82) is 5.41 Å². The first kappa shape index (κ1) is 26.5. The van der Waals surface area contributed by atoms with E-state index in [4.69, 9.17) is 33.2 Å². The average Bonchev–Trinajstić information content (AvgIpc) is 2.85. The number of halogens is 1. The first-order valence-corrected chi connectivity index (χ1v) is 11.6. The van der Waals surface area contributed by atoms with Crippen molar-refractivity contribution in [2.24, 2.45) is 5.73 Å². The van der Waals surface area contributed by atoms with Crippen molar-refractivity contribution >= 4 is 34.7 Å². The van der Waals surface area contributed by atoms with E-state index in [2.05, 4.69) is 15.7 Å². The number of carbonyl (C=O) groups is 1. The van der Waals surface area contributed by atoms with Crippen molar-refractivity contribution in [3.05, 3.63) is 75.2 Å². The zero-order valence-corrected chi connectivity index (χ0v) is 20.8. The molecule has 0 fully saturated rings. The average molecular weight is 513 g/mol. The zero-order chi connectivity index (χ0) is 26.2. The summed E-state index contributed by atoms with van der Waals surface area (Å²) in [5.41, 5.74) is 15.6. The molecule has 11 nitrogen and oxygen atoms in total. The van der Waals surface area contributed by atoms with Gasteiger partial charge in [-0.05, 0) is 17.7 Å². The van der Waals surface area contributed by atoms with Crippen LogP contribution >= 0.6 is 11.6 Å². The van der Waals surface area contributed by atoms with Crippen molar-refractivity contribution in [1.82, 2.24) is 19.9 Å². The standard InChI is InChI=1S/C24H29ClN8O3/c1-3-32(4-2)31-20-21(25)30-24(36-18-7-5-6-17(26)12-18)33(23(20)35)14-19(34)29-13-15-8-10-16(11-9-15)22(27)28/h5-12,31H,3-4,13-14,26H2,1-2H3,(H3,27,28)(H,29,34). The maximum atomic E-state index is 13.4. The summed E-state index contributed by atoms with van der Waals surface area (Å²) >= 11 is 6.33. The Morgan fingerprint density at radius 3 is 2.50 bits per heavy atom. The van der Waals surface area contributed by atoms with E-state index in [0.29, 0.717) is 30.1 Å². The zero-order valence-electron chi connectivity index (χ0n) is 20.0. The number of hydrogen-bond acceptors (Lipinski definition) is 8. The number of benzene rings is 2. The van der Waals surface area contributed by atoms with Crippen molar-refractivity contribution in [2.75, 3.05) is 24.2 Å². The Morgan fingerprint density at radius 2 is 1.89 bits per heavy atom. The van der Waals surface area contributed by atoms with Crippen LogP contribution in [0.4, 0.5) is 11.4 Å². The molecule has 1 amide bonds. The molecule has 0 unspecified atom stereocenters. The molecule has 7 N–H and O–H groups in total. The molecule has 0 bridgehead atoms. The monoisotopic (exact) mass is 512 g/mol. The van der Waals surface area contributed by atoms with Crippen molar-refractivity contribution in [3.8, 4) is 11.8 Å². The number of ether oxygens (including phenoxy) is 1. The van der Waals surface area contributed by atoms with Crippen LogP contribution in [0.2, 0.25) is 5.15 Å². The number of rotatable bonds is 11. The summed E-state index contributed by atoms with van der Waals surface area (Å²) in [7, 11) is 0. The summed E-state index contributed by atoms with van der Waals surface area (Å²) < 4.78 is 6.90. The first-order valence-electron chi connectivity index (χ1n) is 11.3. The normalized spacial score (nSPS) is 10.8. The Hall–Kier alpha value is -4.09. The predicted octanol–water partition coefficient (Wildman–Crippen LogP) is 2.54. The fraction of sp³-hybridized carbons (Fsp3) is 0.250. The van der Waals surface area contributed by atoms with Gasteiger partial charge in [-0.25, -0.2) is 5.01 Å². The van der Waals surface area contributed by atoms with E-state index < -0.39 is 11.5 Å². The molecule has 0 radical (unpaired) electrons. The molecule has 0 atom stereocenters. The number of anilines is 2. The number of nitrogens with two attached hydrogens (primary N) is 2. The molecular weight excluding hydrogens is 484 g/mol. The quantitative estimate of drug-likeness (QED) is 0.0859. The molecule has 0 aliphatic rings. The molecule has 1 aromatic heterocycles. The molecule has 0 saturated heterocycles. The lowest BCUT2D eigenvalue weighted by molar-refractivity contribution is -0.122. The second kappa shape index (κ2) is 12.0. The largest absolute Gasteiger partial charge is 0.425 e. The van der Waals surface area contributed by atoms with E-state index >= 15 is 0 Å². The molecule has 1 heterocycles. The lowest BCUT2D eigenvalue weighted by Gasteiger charge is -2.22. The number of hydrazine groups is 1. The highest BCUT2D eigenvalue weighted by molar-refractivity contribution is 6.31. The number of amidine groups is 1. The minimum Gasteiger partial charge on any atom is -0.425 e. The van der Waals surface area contributed by atoms with Crippen LogP contribution in [0, 0.1) is 5.41 Å². The topological polar surface area (TPSA) is 164 Å². The number of aromatic nitrogens is 2. The summed E-state index contributed by atoms with van der Waals surface area (Å²) in [5.74, 6) is -0.146. The highest BCUT2D eigenvalue weighted by Crippen LogP contribution is 2.25. The maximum Gasteiger partial charge on any atom is 0.306 e. The summed E-state index contributed by atoms with van der Waals surface area (Å²) in [4.78, 5) is 30.4. The second-order valence-corrected chi connectivity index (χ2v) is 8.16. The molecule has 0 aliphatic carbocycles. The Morgan fingerprint density at radius 1 is 1.19 bits per heavy atom. The number of nitrogens with zero attached hydrogens (tertiary/aromatic N) is 3. The van der Waals surface area contributed by atoms with Gasteiger partial charge in [-0.1, -0.05) is 55.8 Å². The highest BCUT2D eigenvalue weighted by atomic mass is 35.5. The van der Waals surface area contributed by atoms with Gasteiger partial charge in [0.1, 0.15) is 18.1 Å². The second-order valence-electron chi connectivity index (χ2n) is 7.80. The van der Waals surface area contributed by atoms with E-state index in [1.165, 1.54) is 0 Å². The summed E-state index contributed by atoms with van der Waals surface area (Å²) in [5, 5.41) is 11.9. The lowest BCUT2D eigenvalue weighted by atomic mass is 10.1. The van der Waals surface area contributed by atoms with E-state index in [0.717, 1.165) is 10.1 Å². The Kier molecular flexibility index (Phi) is 8.87. The van der Waals surface area contributed by atoms with Gasteiger partial charge >= 0.3 is 6.01 Å². The van der Waals surface area contributed by atoms with Crippen LogP contribution < -0.4 is 32.5 Å². The van der Waals surface area contributed by atoms with Gasteiger partial charge in [0.15, 0.2) is 10.8 Å². The first-order chi connectivity index (χ1) is 17.2. The number of carbonyl (C=O) groups excluding carboxylic acids is 1. The van der Waals surface area contributed by atoms with Gasteiger partial charge in [-0.2, -0.15) is 4.98 Å². The molecule has 2 aromatic carbocycles. The number of amides is 1. The molecule has 190 valence electrons. The van der Waals surface area contributed by atoms with Crippen LogP contribution in [0.1, 0.15) is 25.0 Å². The van der Waals surface area contributed by atoms with Gasteiger partial charge in [-0.15, -0.1) is 0 Å². The van der Waals surface area contributed by atoms with Crippen LogP contribution in [0.3, 0.4) is 0 Å². The maximum absolute atomic E-state index is 13.4. The number of nitrogen functional groups attached to an aromatic ring is 2. The van der Waals surface area contributed by atoms with Gasteiger partial charge in [0.25, 0.3) is 5.56 Å². The fourth-order valence-electron chi connectivity index (χ4n) is 3.25. The predicted molar refractivity (Wildman–Crippen MR) is 140 cm³/mol. The van der Waals surface area contributed by atoms with Gasteiger partial charge in [0.2, 0.25) is 5.91 Å². The van der Waals surface area contributed by atoms with Crippen LogP contribution in [0.15, 0.2) is 53.3 Å². The van der Waals surface area contributed by atoms with E-state index in [9.17, 15) is 9.59 Å². The van der Waals surface area contributed by atoms with Gasteiger partial charge in [0, 0.05) is 37.0 Å². The highest BCUT2D eigenvalue weighted by Gasteiger charge is 2.20. The van der Waals surface area contributed by atoms with Crippen molar-refractivity contribution in [3.63, 3.8) is 0 Å². The van der Waals surface area contributed by atoms with Crippen LogP contribution in [0.5, 0.6) is 11.8 Å². The molecule has 0 saturated carbocycles. The third-order valence-corrected chi connectivity index (χ3v) is 5.52. The Balaban J connectivity index is 1.87. The van der Waals surface area contributed by atoms with Gasteiger partial charge < -0.3 is 26.9 Å². The smallest absolute Gasteiger partial charge is 0.306 e. The molecule has 12 heteroatoms. The molecular formula is C24H29ClN8O3. The Labute approximate surface area is 213 Å². The summed E-state index contributed by atoms with van der Waals surface area (Å²) in [6, 6.07) is 13.3. The van der Waals surface area contributed by atoms with Crippen LogP contribution in [0.25, 0.3) is 0 Å². The van der Waals surface area contributed by atoms with E-state index in [-0.39, 0.29) is 35.8 Å². The number of hydrogen-bond donors (Lipinski definition) is 5. The van der Waals surface area contributed by atoms with Crippen molar-refractivity contribution in [2.45, 2.75) is 26.9 Å².